The van der Waals surface area contributed by atoms with E-state index in [2.05, 4.69) is 43.9 Å². The zero-order valence-electron chi connectivity index (χ0n) is 14.1. The zero-order chi connectivity index (χ0) is 17.3. The maximum absolute atomic E-state index is 11.3. The minimum absolute atomic E-state index is 0.188. The Bertz CT molecular complexity index is 850. The van der Waals surface area contributed by atoms with Crippen LogP contribution in [0.5, 0.6) is 0 Å². The molecule has 0 amide bonds. The van der Waals surface area contributed by atoms with Gasteiger partial charge in [0.25, 0.3) is 0 Å². The number of rotatable bonds is 2. The van der Waals surface area contributed by atoms with Gasteiger partial charge < -0.3 is 5.11 Å². The molecule has 0 fully saturated rings. The Kier molecular flexibility index (Phi) is 4.76. The summed E-state index contributed by atoms with van der Waals surface area (Å²) in [5, 5.41) is 9.25. The van der Waals surface area contributed by atoms with Crippen molar-refractivity contribution < 1.29 is 9.90 Å². The predicted octanol–water partition coefficient (Wildman–Crippen LogP) is 5.18. The molecule has 0 aliphatic carbocycles. The third-order valence-corrected chi connectivity index (χ3v) is 6.56. The molecule has 124 valence electrons. The molecule has 0 bridgehead atoms. The second-order valence-electron chi connectivity index (χ2n) is 6.57. The Morgan fingerprint density at radius 3 is 2.75 bits per heavy atom. The number of aryl methyl sites for hydroxylation is 1. The van der Waals surface area contributed by atoms with E-state index in [0.717, 1.165) is 21.8 Å². The fourth-order valence-corrected chi connectivity index (χ4v) is 5.31. The standard InChI is InChI=1S/C20H20O2S2/c1-4-14-12-15(24-18(14)19(21)22)7-5-13-6-8-17-16(11-13)20(2,3)9-10-23-17/h6,8,11-12H,4,9-10H2,1-3H3,(H,21,22). The largest absolute Gasteiger partial charge is 0.477 e. The maximum atomic E-state index is 11.3. The van der Waals surface area contributed by atoms with Crippen LogP contribution in [0.25, 0.3) is 0 Å². The summed E-state index contributed by atoms with van der Waals surface area (Å²) in [5.41, 5.74) is 3.41. The van der Waals surface area contributed by atoms with Crippen LogP contribution in [0.3, 0.4) is 0 Å². The van der Waals surface area contributed by atoms with Crippen LogP contribution in [0.15, 0.2) is 29.2 Å². The molecule has 0 saturated heterocycles. The molecule has 0 spiro atoms. The van der Waals surface area contributed by atoms with Gasteiger partial charge in [-0.15, -0.1) is 23.1 Å². The Labute approximate surface area is 151 Å². The number of fused-ring (bicyclic) bond motifs is 1. The fraction of sp³-hybridized carbons (Fsp3) is 0.350. The van der Waals surface area contributed by atoms with E-state index in [1.165, 1.54) is 28.2 Å². The first-order valence-electron chi connectivity index (χ1n) is 8.06. The summed E-state index contributed by atoms with van der Waals surface area (Å²) in [6, 6.07) is 8.33. The lowest BCUT2D eigenvalue weighted by Gasteiger charge is -2.32. The average Bonchev–Trinajstić information content (AvgIpc) is 2.96. The SMILES string of the molecule is CCc1cc(C#Cc2ccc3c(c2)C(C)(C)CCS3)sc1C(=O)O. The molecule has 1 aromatic carbocycles. The highest BCUT2D eigenvalue weighted by atomic mass is 32.2. The van der Waals surface area contributed by atoms with Gasteiger partial charge >= 0.3 is 5.97 Å². The van der Waals surface area contributed by atoms with Crippen molar-refractivity contribution in [1.82, 2.24) is 0 Å². The van der Waals surface area contributed by atoms with Crippen molar-refractivity contribution in [2.45, 2.75) is 43.9 Å². The number of carboxylic acid groups (broad SMARTS) is 1. The summed E-state index contributed by atoms with van der Waals surface area (Å²) in [6.07, 6.45) is 1.89. The van der Waals surface area contributed by atoms with Crippen LogP contribution >= 0.6 is 23.1 Å². The van der Waals surface area contributed by atoms with E-state index < -0.39 is 5.97 Å². The summed E-state index contributed by atoms with van der Waals surface area (Å²) >= 11 is 3.18. The molecule has 4 heteroatoms. The number of thiophene rings is 1. The smallest absolute Gasteiger partial charge is 0.346 e. The van der Waals surface area contributed by atoms with Crippen molar-refractivity contribution in [1.29, 1.82) is 0 Å². The number of thioether (sulfide) groups is 1. The second kappa shape index (κ2) is 6.66. The van der Waals surface area contributed by atoms with Crippen LogP contribution < -0.4 is 0 Å². The van der Waals surface area contributed by atoms with Gasteiger partial charge in [-0.2, -0.15) is 0 Å². The number of benzene rings is 1. The lowest BCUT2D eigenvalue weighted by Crippen LogP contribution is -2.22. The van der Waals surface area contributed by atoms with Crippen molar-refractivity contribution in [3.8, 4) is 11.8 Å². The van der Waals surface area contributed by atoms with Crippen LogP contribution in [0.1, 0.15) is 58.4 Å². The molecule has 0 unspecified atom stereocenters. The first-order chi connectivity index (χ1) is 11.4. The normalized spacial score (nSPS) is 15.3. The van der Waals surface area contributed by atoms with Gasteiger partial charge in [0.05, 0.1) is 4.88 Å². The summed E-state index contributed by atoms with van der Waals surface area (Å²) in [4.78, 5) is 13.8. The van der Waals surface area contributed by atoms with Crippen molar-refractivity contribution in [2.24, 2.45) is 0 Å². The molecule has 1 aliphatic rings. The first kappa shape index (κ1) is 17.1. The van der Waals surface area contributed by atoms with Crippen molar-refractivity contribution in [3.05, 3.63) is 50.7 Å². The van der Waals surface area contributed by atoms with Crippen LogP contribution in [-0.4, -0.2) is 16.8 Å². The molecular formula is C20H20O2S2. The summed E-state index contributed by atoms with van der Waals surface area (Å²) in [6.45, 7) is 6.54. The van der Waals surface area contributed by atoms with Gasteiger partial charge in [0.1, 0.15) is 4.88 Å². The maximum Gasteiger partial charge on any atom is 0.346 e. The molecule has 3 rings (SSSR count). The molecule has 1 aliphatic heterocycles. The molecule has 0 saturated carbocycles. The van der Waals surface area contributed by atoms with E-state index in [4.69, 9.17) is 0 Å². The number of carbonyl (C=O) groups is 1. The Hall–Kier alpha value is -1.70. The fourth-order valence-electron chi connectivity index (χ4n) is 2.88. The molecule has 2 aromatic rings. The van der Waals surface area contributed by atoms with Crippen LogP contribution in [0.4, 0.5) is 0 Å². The Morgan fingerprint density at radius 1 is 1.29 bits per heavy atom. The molecule has 0 atom stereocenters. The lowest BCUT2D eigenvalue weighted by molar-refractivity contribution is 0.0701. The number of hydrogen-bond acceptors (Lipinski definition) is 3. The van der Waals surface area contributed by atoms with Crippen molar-refractivity contribution in [2.75, 3.05) is 5.75 Å². The van der Waals surface area contributed by atoms with E-state index in [1.807, 2.05) is 24.8 Å². The first-order valence-corrected chi connectivity index (χ1v) is 9.86. The van der Waals surface area contributed by atoms with E-state index in [1.54, 1.807) is 0 Å². The number of hydrogen-bond donors (Lipinski definition) is 1. The second-order valence-corrected chi connectivity index (χ2v) is 8.76. The van der Waals surface area contributed by atoms with Gasteiger partial charge in [0, 0.05) is 10.5 Å². The number of aromatic carboxylic acids is 1. The van der Waals surface area contributed by atoms with Crippen molar-refractivity contribution >= 4 is 29.1 Å². The highest BCUT2D eigenvalue weighted by Crippen LogP contribution is 2.41. The topological polar surface area (TPSA) is 37.3 Å². The van der Waals surface area contributed by atoms with Crippen molar-refractivity contribution in [3.63, 3.8) is 0 Å². The molecule has 24 heavy (non-hydrogen) atoms. The summed E-state index contributed by atoms with van der Waals surface area (Å²) in [7, 11) is 0. The van der Waals surface area contributed by atoms with Crippen LogP contribution in [0.2, 0.25) is 0 Å². The molecule has 0 radical (unpaired) electrons. The van der Waals surface area contributed by atoms with E-state index >= 15 is 0 Å². The molecule has 1 aromatic heterocycles. The number of carboxylic acids is 1. The summed E-state index contributed by atoms with van der Waals surface area (Å²) < 4.78 is 0. The predicted molar refractivity (Wildman–Crippen MR) is 101 cm³/mol. The monoisotopic (exact) mass is 356 g/mol. The van der Waals surface area contributed by atoms with Gasteiger partial charge in [-0.05, 0) is 59.4 Å². The highest BCUT2D eigenvalue weighted by molar-refractivity contribution is 7.99. The van der Waals surface area contributed by atoms with E-state index in [9.17, 15) is 9.90 Å². The van der Waals surface area contributed by atoms with Crippen LogP contribution in [-0.2, 0) is 11.8 Å². The molecule has 2 nitrogen and oxygen atoms in total. The molecular weight excluding hydrogens is 336 g/mol. The third kappa shape index (κ3) is 3.38. The Balaban J connectivity index is 1.93. The molecule has 1 N–H and O–H groups in total. The van der Waals surface area contributed by atoms with Gasteiger partial charge in [-0.25, -0.2) is 4.79 Å². The third-order valence-electron chi connectivity index (χ3n) is 4.41. The minimum Gasteiger partial charge on any atom is -0.477 e. The van der Waals surface area contributed by atoms with Gasteiger partial charge in [-0.3, -0.25) is 0 Å². The summed E-state index contributed by atoms with van der Waals surface area (Å²) in [5.74, 6) is 6.66. The quantitative estimate of drug-likeness (QED) is 0.753. The van der Waals surface area contributed by atoms with E-state index in [-0.39, 0.29) is 5.41 Å². The lowest BCUT2D eigenvalue weighted by atomic mass is 9.81. The molecule has 2 heterocycles. The van der Waals surface area contributed by atoms with Gasteiger partial charge in [0.2, 0.25) is 0 Å². The van der Waals surface area contributed by atoms with Gasteiger partial charge in [-0.1, -0.05) is 32.6 Å². The average molecular weight is 357 g/mol. The Morgan fingerprint density at radius 2 is 2.08 bits per heavy atom. The van der Waals surface area contributed by atoms with E-state index in [0.29, 0.717) is 11.3 Å². The highest BCUT2D eigenvalue weighted by Gasteiger charge is 2.27. The van der Waals surface area contributed by atoms with Gasteiger partial charge in [0.15, 0.2) is 0 Å². The zero-order valence-corrected chi connectivity index (χ0v) is 15.7. The minimum atomic E-state index is -0.863. The van der Waals surface area contributed by atoms with Crippen LogP contribution in [0, 0.1) is 11.8 Å².